The Morgan fingerprint density at radius 3 is 2.55 bits per heavy atom. The quantitative estimate of drug-likeness (QED) is 0.789. The van der Waals surface area contributed by atoms with Gasteiger partial charge in [-0.05, 0) is 37.5 Å². The van der Waals surface area contributed by atoms with Gasteiger partial charge in [-0.2, -0.15) is 0 Å². The van der Waals surface area contributed by atoms with Crippen LogP contribution in [0, 0.1) is 32.6 Å². The molecule has 1 aliphatic heterocycles. The highest BCUT2D eigenvalue weighted by Crippen LogP contribution is 2.25. The second kappa shape index (κ2) is 7.33. The number of ether oxygens (including phenoxy) is 2. The minimum absolute atomic E-state index is 0.454. The molecule has 0 radical (unpaired) electrons. The molecular weight excluding hydrogens is 250 g/mol. The van der Waals surface area contributed by atoms with Gasteiger partial charge in [0.2, 0.25) is 0 Å². The molecule has 108 valence electrons. The van der Waals surface area contributed by atoms with E-state index in [0.29, 0.717) is 6.61 Å². The van der Waals surface area contributed by atoms with E-state index in [2.05, 4.69) is 49.6 Å². The van der Waals surface area contributed by atoms with Gasteiger partial charge in [0.25, 0.3) is 0 Å². The Hall–Kier alpha value is -1.50. The number of benzene rings is 1. The summed E-state index contributed by atoms with van der Waals surface area (Å²) in [4.78, 5) is 2.31. The van der Waals surface area contributed by atoms with Crippen molar-refractivity contribution in [1.82, 2.24) is 4.90 Å². The molecule has 0 spiro atoms. The van der Waals surface area contributed by atoms with Crippen LogP contribution in [0.25, 0.3) is 0 Å². The number of hydrogen-bond donors (Lipinski definition) is 0. The second-order valence-corrected chi connectivity index (χ2v) is 5.18. The van der Waals surface area contributed by atoms with E-state index in [1.54, 1.807) is 0 Å². The van der Waals surface area contributed by atoms with Crippen LogP contribution in [0.3, 0.4) is 0 Å². The van der Waals surface area contributed by atoms with Crippen LogP contribution in [0.1, 0.15) is 16.7 Å². The topological polar surface area (TPSA) is 21.7 Å². The number of nitrogens with zero attached hydrogens (tertiary/aromatic N) is 1. The van der Waals surface area contributed by atoms with Gasteiger partial charge >= 0.3 is 0 Å². The average molecular weight is 273 g/mol. The largest absolute Gasteiger partial charge is 0.480 e. The van der Waals surface area contributed by atoms with E-state index >= 15 is 0 Å². The molecule has 1 heterocycles. The molecule has 0 N–H and O–H groups in total. The maximum atomic E-state index is 5.82. The Kier molecular flexibility index (Phi) is 5.46. The van der Waals surface area contributed by atoms with Crippen molar-refractivity contribution in [2.75, 3.05) is 39.5 Å². The third kappa shape index (κ3) is 4.00. The van der Waals surface area contributed by atoms with Crippen LogP contribution in [0.2, 0.25) is 0 Å². The number of aryl methyl sites for hydroxylation is 2. The SMILES string of the molecule is Cc1ccc(C)c(OCC#CCN2CCOCC2)c1C. The molecule has 0 amide bonds. The van der Waals surface area contributed by atoms with Gasteiger partial charge in [0, 0.05) is 13.1 Å². The summed E-state index contributed by atoms with van der Waals surface area (Å²) in [6.07, 6.45) is 0. The molecule has 0 atom stereocenters. The summed E-state index contributed by atoms with van der Waals surface area (Å²) in [5.74, 6) is 7.25. The molecule has 0 bridgehead atoms. The highest BCUT2D eigenvalue weighted by Gasteiger charge is 2.08. The van der Waals surface area contributed by atoms with Crippen molar-refractivity contribution in [2.24, 2.45) is 0 Å². The molecule has 1 aromatic rings. The van der Waals surface area contributed by atoms with Crippen molar-refractivity contribution in [1.29, 1.82) is 0 Å². The summed E-state index contributed by atoms with van der Waals surface area (Å²) in [7, 11) is 0. The summed E-state index contributed by atoms with van der Waals surface area (Å²) < 4.78 is 11.1. The monoisotopic (exact) mass is 273 g/mol. The molecule has 2 rings (SSSR count). The summed E-state index contributed by atoms with van der Waals surface area (Å²) in [5, 5.41) is 0. The lowest BCUT2D eigenvalue weighted by Crippen LogP contribution is -2.36. The van der Waals surface area contributed by atoms with E-state index in [1.165, 1.54) is 16.7 Å². The Labute approximate surface area is 121 Å². The van der Waals surface area contributed by atoms with Crippen molar-refractivity contribution in [3.63, 3.8) is 0 Å². The summed E-state index contributed by atoms with van der Waals surface area (Å²) >= 11 is 0. The summed E-state index contributed by atoms with van der Waals surface area (Å²) in [6, 6.07) is 4.22. The van der Waals surface area contributed by atoms with Crippen LogP contribution < -0.4 is 4.74 Å². The van der Waals surface area contributed by atoms with Gasteiger partial charge in [-0.3, -0.25) is 4.90 Å². The molecule has 3 heteroatoms. The fourth-order valence-corrected chi connectivity index (χ4v) is 2.23. The molecule has 0 saturated carbocycles. The smallest absolute Gasteiger partial charge is 0.149 e. The fraction of sp³-hybridized carbons (Fsp3) is 0.529. The highest BCUT2D eigenvalue weighted by atomic mass is 16.5. The van der Waals surface area contributed by atoms with Crippen molar-refractivity contribution < 1.29 is 9.47 Å². The van der Waals surface area contributed by atoms with Gasteiger partial charge in [-0.15, -0.1) is 0 Å². The molecule has 0 aromatic heterocycles. The Morgan fingerprint density at radius 1 is 1.10 bits per heavy atom. The molecule has 1 saturated heterocycles. The molecule has 1 aliphatic rings. The lowest BCUT2D eigenvalue weighted by molar-refractivity contribution is 0.0443. The minimum Gasteiger partial charge on any atom is -0.480 e. The maximum absolute atomic E-state index is 5.82. The predicted molar refractivity (Wildman–Crippen MR) is 81.2 cm³/mol. The Morgan fingerprint density at radius 2 is 1.80 bits per heavy atom. The first-order valence-electron chi connectivity index (χ1n) is 7.14. The average Bonchev–Trinajstić information content (AvgIpc) is 2.47. The molecule has 0 aliphatic carbocycles. The zero-order valence-electron chi connectivity index (χ0n) is 12.7. The third-order valence-electron chi connectivity index (χ3n) is 3.69. The first kappa shape index (κ1) is 14.9. The number of morpholine rings is 1. The number of hydrogen-bond acceptors (Lipinski definition) is 3. The van der Waals surface area contributed by atoms with Crippen LogP contribution in [0.4, 0.5) is 0 Å². The standard InChI is InChI=1S/C17H23NO2/c1-14-6-7-15(2)17(16(14)3)20-11-5-4-8-18-9-12-19-13-10-18/h6-7H,8-13H2,1-3H3. The first-order valence-corrected chi connectivity index (χ1v) is 7.14. The van der Waals surface area contributed by atoms with E-state index in [4.69, 9.17) is 9.47 Å². The van der Waals surface area contributed by atoms with E-state index in [1.807, 2.05) is 0 Å². The Bertz CT molecular complexity index is 508. The van der Waals surface area contributed by atoms with E-state index in [9.17, 15) is 0 Å². The minimum atomic E-state index is 0.454. The van der Waals surface area contributed by atoms with Crippen molar-refractivity contribution >= 4 is 0 Å². The molecule has 1 aromatic carbocycles. The second-order valence-electron chi connectivity index (χ2n) is 5.18. The van der Waals surface area contributed by atoms with Gasteiger partial charge < -0.3 is 9.47 Å². The van der Waals surface area contributed by atoms with Gasteiger partial charge in [-0.1, -0.05) is 24.0 Å². The van der Waals surface area contributed by atoms with Gasteiger partial charge in [-0.25, -0.2) is 0 Å². The van der Waals surface area contributed by atoms with E-state index < -0.39 is 0 Å². The van der Waals surface area contributed by atoms with Crippen molar-refractivity contribution in [2.45, 2.75) is 20.8 Å². The normalized spacial score (nSPS) is 15.6. The summed E-state index contributed by atoms with van der Waals surface area (Å²) in [6.45, 7) is 11.1. The van der Waals surface area contributed by atoms with Crippen molar-refractivity contribution in [3.05, 3.63) is 28.8 Å². The van der Waals surface area contributed by atoms with Gasteiger partial charge in [0.15, 0.2) is 0 Å². The molecule has 0 unspecified atom stereocenters. The van der Waals surface area contributed by atoms with Crippen LogP contribution in [-0.4, -0.2) is 44.4 Å². The van der Waals surface area contributed by atoms with Crippen molar-refractivity contribution in [3.8, 4) is 17.6 Å². The maximum Gasteiger partial charge on any atom is 0.149 e. The first-order chi connectivity index (χ1) is 9.68. The third-order valence-corrected chi connectivity index (χ3v) is 3.69. The highest BCUT2D eigenvalue weighted by molar-refractivity contribution is 5.44. The lowest BCUT2D eigenvalue weighted by atomic mass is 10.1. The van der Waals surface area contributed by atoms with Crippen LogP contribution in [-0.2, 0) is 4.74 Å². The van der Waals surface area contributed by atoms with Gasteiger partial charge in [0.1, 0.15) is 12.4 Å². The molecule has 3 nitrogen and oxygen atoms in total. The zero-order valence-corrected chi connectivity index (χ0v) is 12.7. The van der Waals surface area contributed by atoms with Crippen LogP contribution >= 0.6 is 0 Å². The fourth-order valence-electron chi connectivity index (χ4n) is 2.23. The van der Waals surface area contributed by atoms with Gasteiger partial charge in [0.05, 0.1) is 19.8 Å². The molecule has 20 heavy (non-hydrogen) atoms. The van der Waals surface area contributed by atoms with Crippen LogP contribution in [0.5, 0.6) is 5.75 Å². The predicted octanol–water partition coefficient (Wildman–Crippen LogP) is 2.33. The van der Waals surface area contributed by atoms with E-state index in [-0.39, 0.29) is 0 Å². The molecule has 1 fully saturated rings. The molecular formula is C17H23NO2. The van der Waals surface area contributed by atoms with Crippen LogP contribution in [0.15, 0.2) is 12.1 Å². The Balaban J connectivity index is 1.83. The summed E-state index contributed by atoms with van der Waals surface area (Å²) in [5.41, 5.74) is 3.63. The lowest BCUT2D eigenvalue weighted by Gasteiger charge is -2.24. The zero-order chi connectivity index (χ0) is 14.4. The number of rotatable bonds is 3. The van der Waals surface area contributed by atoms with E-state index in [0.717, 1.165) is 38.6 Å².